The van der Waals surface area contributed by atoms with Gasteiger partial charge in [-0.2, -0.15) is 0 Å². The monoisotopic (exact) mass is 234 g/mol. The van der Waals surface area contributed by atoms with Gasteiger partial charge in [-0.1, -0.05) is 12.8 Å². The van der Waals surface area contributed by atoms with Crippen molar-refractivity contribution in [2.45, 2.75) is 32.1 Å². The molecular formula is C14H18O3. The lowest BCUT2D eigenvalue weighted by molar-refractivity contribution is -0.135. The Morgan fingerprint density at radius 3 is 2.35 bits per heavy atom. The SMILES string of the molecule is COc1ccc(OC(=O)CC2CCCC2)cc1. The average molecular weight is 234 g/mol. The summed E-state index contributed by atoms with van der Waals surface area (Å²) in [6.07, 6.45) is 5.38. The Morgan fingerprint density at radius 1 is 1.18 bits per heavy atom. The van der Waals surface area contributed by atoms with Crippen LogP contribution in [0.15, 0.2) is 24.3 Å². The quantitative estimate of drug-likeness (QED) is 0.593. The van der Waals surface area contributed by atoms with E-state index in [1.165, 1.54) is 12.8 Å². The van der Waals surface area contributed by atoms with Gasteiger partial charge < -0.3 is 9.47 Å². The number of esters is 1. The summed E-state index contributed by atoms with van der Waals surface area (Å²) in [4.78, 5) is 11.7. The molecule has 0 aliphatic heterocycles. The molecule has 0 spiro atoms. The van der Waals surface area contributed by atoms with Gasteiger partial charge in [0.25, 0.3) is 0 Å². The number of ether oxygens (including phenoxy) is 2. The average Bonchev–Trinajstić information content (AvgIpc) is 2.82. The molecule has 2 rings (SSSR count). The molecule has 0 atom stereocenters. The van der Waals surface area contributed by atoms with Crippen molar-refractivity contribution < 1.29 is 14.3 Å². The fraction of sp³-hybridized carbons (Fsp3) is 0.500. The van der Waals surface area contributed by atoms with E-state index in [4.69, 9.17) is 9.47 Å². The second-order valence-electron chi connectivity index (χ2n) is 4.50. The third-order valence-electron chi connectivity index (χ3n) is 3.22. The molecule has 3 nitrogen and oxygen atoms in total. The fourth-order valence-corrected chi connectivity index (χ4v) is 2.27. The molecule has 0 heterocycles. The molecule has 1 aromatic rings. The van der Waals surface area contributed by atoms with Crippen LogP contribution in [0, 0.1) is 5.92 Å². The van der Waals surface area contributed by atoms with Gasteiger partial charge in [0.2, 0.25) is 0 Å². The maximum absolute atomic E-state index is 11.7. The van der Waals surface area contributed by atoms with Gasteiger partial charge in [0.1, 0.15) is 11.5 Å². The Morgan fingerprint density at radius 2 is 1.76 bits per heavy atom. The van der Waals surface area contributed by atoms with Crippen LogP contribution in [0.3, 0.4) is 0 Å². The smallest absolute Gasteiger partial charge is 0.311 e. The van der Waals surface area contributed by atoms with Gasteiger partial charge in [-0.15, -0.1) is 0 Å². The number of hydrogen-bond acceptors (Lipinski definition) is 3. The maximum Gasteiger partial charge on any atom is 0.311 e. The summed E-state index contributed by atoms with van der Waals surface area (Å²) in [5, 5.41) is 0. The summed E-state index contributed by atoms with van der Waals surface area (Å²) in [6, 6.07) is 7.09. The summed E-state index contributed by atoms with van der Waals surface area (Å²) < 4.78 is 10.3. The Hall–Kier alpha value is -1.51. The number of hydrogen-bond donors (Lipinski definition) is 0. The van der Waals surface area contributed by atoms with Crippen molar-refractivity contribution in [1.82, 2.24) is 0 Å². The summed E-state index contributed by atoms with van der Waals surface area (Å²) in [5.74, 6) is 1.76. The van der Waals surface area contributed by atoms with Crippen molar-refractivity contribution in [3.63, 3.8) is 0 Å². The van der Waals surface area contributed by atoms with Gasteiger partial charge in [-0.25, -0.2) is 0 Å². The molecular weight excluding hydrogens is 216 g/mol. The molecule has 0 aromatic heterocycles. The van der Waals surface area contributed by atoms with Crippen molar-refractivity contribution in [2.75, 3.05) is 7.11 Å². The molecule has 1 fully saturated rings. The molecule has 17 heavy (non-hydrogen) atoms. The minimum absolute atomic E-state index is 0.123. The van der Waals surface area contributed by atoms with Gasteiger partial charge in [0.15, 0.2) is 0 Å². The minimum Gasteiger partial charge on any atom is -0.497 e. The highest BCUT2D eigenvalue weighted by Crippen LogP contribution is 2.28. The van der Waals surface area contributed by atoms with Crippen LogP contribution >= 0.6 is 0 Å². The van der Waals surface area contributed by atoms with Crippen LogP contribution in [0.1, 0.15) is 32.1 Å². The van der Waals surface area contributed by atoms with Crippen molar-refractivity contribution in [1.29, 1.82) is 0 Å². The molecule has 1 aliphatic rings. The van der Waals surface area contributed by atoms with Crippen molar-refractivity contribution >= 4 is 5.97 Å². The van der Waals surface area contributed by atoms with Gasteiger partial charge in [-0.3, -0.25) is 4.79 Å². The van der Waals surface area contributed by atoms with Gasteiger partial charge in [-0.05, 0) is 43.0 Å². The van der Waals surface area contributed by atoms with Gasteiger partial charge in [0, 0.05) is 6.42 Å². The zero-order valence-corrected chi connectivity index (χ0v) is 10.1. The number of carbonyl (C=O) groups excluding carboxylic acids is 1. The first-order valence-electron chi connectivity index (χ1n) is 6.12. The highest BCUT2D eigenvalue weighted by molar-refractivity contribution is 5.72. The topological polar surface area (TPSA) is 35.5 Å². The molecule has 0 unspecified atom stereocenters. The normalized spacial score (nSPS) is 15.8. The van der Waals surface area contributed by atoms with E-state index in [1.54, 1.807) is 31.4 Å². The van der Waals surface area contributed by atoms with E-state index >= 15 is 0 Å². The largest absolute Gasteiger partial charge is 0.497 e. The fourth-order valence-electron chi connectivity index (χ4n) is 2.27. The standard InChI is InChI=1S/C14H18O3/c1-16-12-6-8-13(9-7-12)17-14(15)10-11-4-2-3-5-11/h6-9,11H,2-5,10H2,1H3. The number of benzene rings is 1. The Labute approximate surface area is 102 Å². The number of carbonyl (C=O) groups is 1. The minimum atomic E-state index is -0.123. The highest BCUT2D eigenvalue weighted by atomic mass is 16.5. The van der Waals surface area contributed by atoms with Crippen LogP contribution in [0.25, 0.3) is 0 Å². The van der Waals surface area contributed by atoms with Gasteiger partial charge >= 0.3 is 5.97 Å². The lowest BCUT2D eigenvalue weighted by atomic mass is 10.0. The first-order chi connectivity index (χ1) is 8.28. The number of methoxy groups -OCH3 is 1. The third kappa shape index (κ3) is 3.48. The van der Waals surface area contributed by atoms with Crippen LogP contribution < -0.4 is 9.47 Å². The summed E-state index contributed by atoms with van der Waals surface area (Å²) >= 11 is 0. The Kier molecular flexibility index (Phi) is 4.02. The molecule has 3 heteroatoms. The van der Waals surface area contributed by atoms with E-state index in [0.29, 0.717) is 18.1 Å². The Bertz CT molecular complexity index is 364. The predicted molar refractivity (Wildman–Crippen MR) is 65.2 cm³/mol. The van der Waals surface area contributed by atoms with Crippen molar-refractivity contribution in [3.05, 3.63) is 24.3 Å². The van der Waals surface area contributed by atoms with Crippen LogP contribution in [0.5, 0.6) is 11.5 Å². The second kappa shape index (κ2) is 5.71. The van der Waals surface area contributed by atoms with Crippen molar-refractivity contribution in [3.8, 4) is 11.5 Å². The van der Waals surface area contributed by atoms with E-state index in [0.717, 1.165) is 18.6 Å². The van der Waals surface area contributed by atoms with Crippen LogP contribution in [0.4, 0.5) is 0 Å². The molecule has 1 aromatic carbocycles. The molecule has 0 bridgehead atoms. The Balaban J connectivity index is 1.84. The molecule has 0 amide bonds. The van der Waals surface area contributed by atoms with Crippen LogP contribution in [-0.4, -0.2) is 13.1 Å². The van der Waals surface area contributed by atoms with E-state index in [-0.39, 0.29) is 5.97 Å². The zero-order chi connectivity index (χ0) is 12.1. The van der Waals surface area contributed by atoms with E-state index in [9.17, 15) is 4.79 Å². The van der Waals surface area contributed by atoms with Gasteiger partial charge in [0.05, 0.1) is 7.11 Å². The lowest BCUT2D eigenvalue weighted by Gasteiger charge is -2.09. The zero-order valence-electron chi connectivity index (χ0n) is 10.1. The van der Waals surface area contributed by atoms with Crippen LogP contribution in [-0.2, 0) is 4.79 Å². The molecule has 0 radical (unpaired) electrons. The van der Waals surface area contributed by atoms with E-state index in [1.807, 2.05) is 0 Å². The maximum atomic E-state index is 11.7. The summed E-state index contributed by atoms with van der Waals surface area (Å²) in [7, 11) is 1.61. The summed E-state index contributed by atoms with van der Waals surface area (Å²) in [6.45, 7) is 0. The number of rotatable bonds is 4. The molecule has 1 aliphatic carbocycles. The summed E-state index contributed by atoms with van der Waals surface area (Å²) in [5.41, 5.74) is 0. The van der Waals surface area contributed by atoms with Crippen molar-refractivity contribution in [2.24, 2.45) is 5.92 Å². The molecule has 0 N–H and O–H groups in total. The predicted octanol–water partition coefficient (Wildman–Crippen LogP) is 3.18. The highest BCUT2D eigenvalue weighted by Gasteiger charge is 2.19. The lowest BCUT2D eigenvalue weighted by Crippen LogP contribution is -2.12. The first-order valence-corrected chi connectivity index (χ1v) is 6.12. The van der Waals surface area contributed by atoms with Crippen LogP contribution in [0.2, 0.25) is 0 Å². The second-order valence-corrected chi connectivity index (χ2v) is 4.50. The molecule has 92 valence electrons. The molecule has 1 saturated carbocycles. The third-order valence-corrected chi connectivity index (χ3v) is 3.22. The van der Waals surface area contributed by atoms with E-state index in [2.05, 4.69) is 0 Å². The first kappa shape index (κ1) is 12.0. The molecule has 0 saturated heterocycles. The van der Waals surface area contributed by atoms with E-state index < -0.39 is 0 Å².